The number of pyridine rings is 1. The SMILES string of the molecule is CC1(C)C(NC(=O)c2ccc(N3CCN(CCc4nnn(-c5ccc6c(c5)C(=O)N(C5CCC(=O)NC5=O)C6=O)c4I)CC3)nc2)C(C)(C)C1Oc1ccc(C#N)c(Cl)c1. The molecule has 4 aromatic rings. The number of carbonyl (C=O) groups is 5. The Bertz CT molecular complexity index is 2460. The summed E-state index contributed by atoms with van der Waals surface area (Å²) in [7, 11) is 0. The van der Waals surface area contributed by atoms with Crippen molar-refractivity contribution in [2.75, 3.05) is 37.6 Å². The highest BCUT2D eigenvalue weighted by atomic mass is 127. The fraction of sp³-hybridized carbons (Fsp3) is 0.405. The van der Waals surface area contributed by atoms with E-state index >= 15 is 0 Å². The second-order valence-electron chi connectivity index (χ2n) is 16.7. The van der Waals surface area contributed by atoms with Gasteiger partial charge < -0.3 is 15.0 Å². The zero-order valence-corrected chi connectivity index (χ0v) is 36.3. The minimum Gasteiger partial charge on any atom is -0.489 e. The average molecular weight is 945 g/mol. The standard InChI is InChI=1S/C42H42ClIN10O6/c1-41(2)39(42(3,4)40(41)60-26-8-5-23(21-45)29(43)20-26)48-35(56)24-6-11-32(46-22-24)52-17-15-51(16-18-52)14-13-30-34(44)54(50-49-30)25-7-9-27-28(19-25)38(59)53(37(27)58)31-10-12-33(55)47-36(31)57/h5-9,11,19-20,22,31,39-40H,10,12-18H2,1-4H3,(H,48,56)(H,47,55,57). The fourth-order valence-corrected chi connectivity index (χ4v) is 10.2. The normalized spacial score (nSPS) is 22.2. The van der Waals surface area contributed by atoms with Crippen LogP contribution < -0.4 is 20.3 Å². The predicted molar refractivity (Wildman–Crippen MR) is 227 cm³/mol. The highest BCUT2D eigenvalue weighted by Gasteiger charge is 2.64. The molecule has 18 heteroatoms. The number of hydrogen-bond donors (Lipinski definition) is 2. The molecule has 8 rings (SSSR count). The summed E-state index contributed by atoms with van der Waals surface area (Å²) in [6.45, 7) is 12.2. The lowest BCUT2D eigenvalue weighted by Gasteiger charge is -2.63. The Morgan fingerprint density at radius 3 is 2.40 bits per heavy atom. The van der Waals surface area contributed by atoms with Crippen molar-refractivity contribution in [2.45, 2.75) is 65.1 Å². The molecule has 5 heterocycles. The number of amides is 5. The summed E-state index contributed by atoms with van der Waals surface area (Å²) >= 11 is 8.43. The first-order valence-corrected chi connectivity index (χ1v) is 21.1. The summed E-state index contributed by atoms with van der Waals surface area (Å²) < 4.78 is 8.77. The first-order valence-electron chi connectivity index (χ1n) is 19.6. The maximum Gasteiger partial charge on any atom is 0.262 e. The molecule has 16 nitrogen and oxygen atoms in total. The van der Waals surface area contributed by atoms with Crippen LogP contribution in [0.3, 0.4) is 0 Å². The second kappa shape index (κ2) is 15.9. The quantitative estimate of drug-likeness (QED) is 0.171. The zero-order valence-electron chi connectivity index (χ0n) is 33.4. The van der Waals surface area contributed by atoms with Gasteiger partial charge in [-0.25, -0.2) is 9.67 Å². The third-order valence-corrected chi connectivity index (χ3v) is 13.5. The topological polar surface area (TPSA) is 196 Å². The molecule has 2 saturated heterocycles. The third kappa shape index (κ3) is 7.38. The Kier molecular flexibility index (Phi) is 10.9. The van der Waals surface area contributed by atoms with Crippen LogP contribution in [0.1, 0.15) is 82.9 Å². The van der Waals surface area contributed by atoms with Crippen molar-refractivity contribution in [3.8, 4) is 17.5 Å². The lowest BCUT2D eigenvalue weighted by molar-refractivity contribution is -0.164. The Labute approximate surface area is 364 Å². The van der Waals surface area contributed by atoms with Crippen LogP contribution >= 0.6 is 34.2 Å². The van der Waals surface area contributed by atoms with Crippen molar-refractivity contribution in [2.24, 2.45) is 10.8 Å². The molecule has 1 unspecified atom stereocenters. The molecule has 0 bridgehead atoms. The minimum atomic E-state index is -1.03. The van der Waals surface area contributed by atoms with Crippen molar-refractivity contribution in [1.29, 1.82) is 5.26 Å². The predicted octanol–water partition coefficient (Wildman–Crippen LogP) is 4.17. The van der Waals surface area contributed by atoms with E-state index < -0.39 is 29.7 Å². The summed E-state index contributed by atoms with van der Waals surface area (Å²) in [4.78, 5) is 74.2. The van der Waals surface area contributed by atoms with Gasteiger partial charge in [-0.05, 0) is 71.5 Å². The van der Waals surface area contributed by atoms with Gasteiger partial charge in [0.25, 0.3) is 17.7 Å². The van der Waals surface area contributed by atoms with Gasteiger partial charge in [-0.1, -0.05) is 44.5 Å². The number of piperidine rings is 1. The Morgan fingerprint density at radius 1 is 1.00 bits per heavy atom. The molecule has 0 radical (unpaired) electrons. The van der Waals surface area contributed by atoms with Crippen LogP contribution in [-0.2, 0) is 16.0 Å². The van der Waals surface area contributed by atoms with Crippen LogP contribution in [0.5, 0.6) is 5.75 Å². The summed E-state index contributed by atoms with van der Waals surface area (Å²) in [5, 5.41) is 23.8. The summed E-state index contributed by atoms with van der Waals surface area (Å²) in [5.41, 5.74) is 1.82. The van der Waals surface area contributed by atoms with Gasteiger partial charge >= 0.3 is 0 Å². The van der Waals surface area contributed by atoms with Gasteiger partial charge in [0, 0.05) is 74.7 Å². The first-order chi connectivity index (χ1) is 28.6. The number of nitrogens with zero attached hydrogens (tertiary/aromatic N) is 8. The van der Waals surface area contributed by atoms with Gasteiger partial charge in [0.1, 0.15) is 33.5 Å². The van der Waals surface area contributed by atoms with E-state index in [2.05, 4.69) is 92.1 Å². The van der Waals surface area contributed by atoms with E-state index in [9.17, 15) is 29.2 Å². The third-order valence-electron chi connectivity index (χ3n) is 12.1. The maximum atomic E-state index is 13.5. The number of piperazine rings is 1. The van der Waals surface area contributed by atoms with Crippen LogP contribution in [-0.4, -0.2) is 110 Å². The molecule has 5 amide bonds. The molecule has 1 atom stereocenters. The lowest BCUT2D eigenvalue weighted by atomic mass is 9.49. The minimum absolute atomic E-state index is 0.0519. The number of hydrogen-bond acceptors (Lipinski definition) is 12. The van der Waals surface area contributed by atoms with Crippen LogP contribution in [0.25, 0.3) is 5.69 Å². The van der Waals surface area contributed by atoms with E-state index in [4.69, 9.17) is 16.3 Å². The Morgan fingerprint density at radius 2 is 1.73 bits per heavy atom. The van der Waals surface area contributed by atoms with Crippen LogP contribution in [0, 0.1) is 25.9 Å². The number of fused-ring (bicyclic) bond motifs is 1. The molecule has 3 aliphatic heterocycles. The molecule has 2 N–H and O–H groups in total. The lowest BCUT2D eigenvalue weighted by Crippen LogP contribution is -2.74. The average Bonchev–Trinajstić information content (AvgIpc) is 3.72. The molecular weight excluding hydrogens is 903 g/mol. The highest BCUT2D eigenvalue weighted by Crippen LogP contribution is 2.55. The van der Waals surface area contributed by atoms with Crippen molar-refractivity contribution in [3.63, 3.8) is 0 Å². The molecular formula is C42H42ClIN10O6. The van der Waals surface area contributed by atoms with E-state index in [-0.39, 0.29) is 52.9 Å². The van der Waals surface area contributed by atoms with Crippen LogP contribution in [0.15, 0.2) is 54.7 Å². The summed E-state index contributed by atoms with van der Waals surface area (Å²) in [5.74, 6) is -1.04. The number of imide groups is 2. The van der Waals surface area contributed by atoms with Crippen molar-refractivity contribution in [3.05, 3.63) is 91.4 Å². The number of nitriles is 1. The van der Waals surface area contributed by atoms with Gasteiger partial charge in [0.05, 0.1) is 38.7 Å². The molecule has 4 aliphatic rings. The van der Waals surface area contributed by atoms with E-state index in [1.807, 2.05) is 12.1 Å². The smallest absolute Gasteiger partial charge is 0.262 e. The zero-order chi connectivity index (χ0) is 42.7. The molecule has 1 saturated carbocycles. The molecule has 2 aromatic carbocycles. The Hall–Kier alpha value is -5.45. The van der Waals surface area contributed by atoms with E-state index in [0.717, 1.165) is 52.8 Å². The number of halogens is 2. The number of anilines is 1. The monoisotopic (exact) mass is 944 g/mol. The number of benzene rings is 2. The largest absolute Gasteiger partial charge is 0.489 e. The summed E-state index contributed by atoms with van der Waals surface area (Å²) in [6.07, 6.45) is 2.20. The van der Waals surface area contributed by atoms with Crippen LogP contribution in [0.2, 0.25) is 5.02 Å². The van der Waals surface area contributed by atoms with E-state index in [0.29, 0.717) is 34.0 Å². The van der Waals surface area contributed by atoms with Crippen LogP contribution in [0.4, 0.5) is 5.82 Å². The number of aromatic nitrogens is 4. The fourth-order valence-electron chi connectivity index (χ4n) is 9.19. The molecule has 0 spiro atoms. The molecule has 1 aliphatic carbocycles. The van der Waals surface area contributed by atoms with Crippen molar-refractivity contribution in [1.82, 2.24) is 40.4 Å². The van der Waals surface area contributed by atoms with E-state index in [1.165, 1.54) is 0 Å². The number of ether oxygens (including phenoxy) is 1. The van der Waals surface area contributed by atoms with Gasteiger partial charge in [0.15, 0.2) is 0 Å². The van der Waals surface area contributed by atoms with Crippen molar-refractivity contribution >= 4 is 69.5 Å². The Balaban J connectivity index is 0.825. The van der Waals surface area contributed by atoms with Gasteiger partial charge in [-0.15, -0.1) is 5.10 Å². The number of nitrogens with one attached hydrogen (secondary N) is 2. The molecule has 3 fully saturated rings. The second-order valence-corrected chi connectivity index (χ2v) is 18.1. The van der Waals surface area contributed by atoms with Gasteiger partial charge in [-0.3, -0.25) is 39.1 Å². The summed E-state index contributed by atoms with van der Waals surface area (Å²) in [6, 6.07) is 14.4. The number of carbonyl (C=O) groups excluding carboxylic acids is 5. The molecule has 60 heavy (non-hydrogen) atoms. The highest BCUT2D eigenvalue weighted by molar-refractivity contribution is 14.1. The van der Waals surface area contributed by atoms with Crippen molar-refractivity contribution < 1.29 is 28.7 Å². The molecule has 310 valence electrons. The molecule has 2 aromatic heterocycles. The van der Waals surface area contributed by atoms with E-state index in [1.54, 1.807) is 47.3 Å². The maximum absolute atomic E-state index is 13.5. The van der Waals surface area contributed by atoms with Gasteiger partial charge in [-0.2, -0.15) is 5.26 Å². The van der Waals surface area contributed by atoms with Gasteiger partial charge in [0.2, 0.25) is 11.8 Å². The first kappa shape index (κ1) is 41.3. The number of rotatable bonds is 10.